The molecule has 0 radical (unpaired) electrons. The molecule has 0 spiro atoms. The highest BCUT2D eigenvalue weighted by molar-refractivity contribution is 7.53. The molecule has 9 heteroatoms. The van der Waals surface area contributed by atoms with E-state index >= 15 is 0 Å². The molecule has 0 saturated carbocycles. The van der Waals surface area contributed by atoms with E-state index in [1.807, 2.05) is 0 Å². The van der Waals surface area contributed by atoms with Gasteiger partial charge in [0.25, 0.3) is 0 Å². The minimum absolute atomic E-state index is 0.0472. The summed E-state index contributed by atoms with van der Waals surface area (Å²) in [5.74, 6) is -0.401. The highest BCUT2D eigenvalue weighted by Crippen LogP contribution is 2.48. The normalized spacial score (nSPS) is 13.2. The van der Waals surface area contributed by atoms with Gasteiger partial charge in [0, 0.05) is 5.56 Å². The molecule has 1 heterocycles. The lowest BCUT2D eigenvalue weighted by Crippen LogP contribution is -2.22. The van der Waals surface area contributed by atoms with Gasteiger partial charge in [-0.05, 0) is 26.0 Å². The lowest BCUT2D eigenvalue weighted by atomic mass is 10.1. The van der Waals surface area contributed by atoms with Gasteiger partial charge in [-0.15, -0.1) is 5.10 Å². The highest BCUT2D eigenvalue weighted by atomic mass is 31.2. The maximum absolute atomic E-state index is 13.7. The van der Waals surface area contributed by atoms with Crippen molar-refractivity contribution >= 4 is 7.60 Å². The van der Waals surface area contributed by atoms with E-state index in [0.29, 0.717) is 11.3 Å². The number of aromatic nitrogens is 3. The lowest BCUT2D eigenvalue weighted by molar-refractivity contribution is 0.150. The first-order valence-electron chi connectivity index (χ1n) is 7.68. The van der Waals surface area contributed by atoms with Crippen LogP contribution in [0.3, 0.4) is 0 Å². The molecule has 0 fully saturated rings. The summed E-state index contributed by atoms with van der Waals surface area (Å²) < 4.78 is 37.8. The molecule has 2 rings (SSSR count). The van der Waals surface area contributed by atoms with E-state index in [2.05, 4.69) is 10.3 Å². The molecule has 1 aromatic heterocycles. The van der Waals surface area contributed by atoms with Gasteiger partial charge in [0.1, 0.15) is 11.5 Å². The van der Waals surface area contributed by atoms with Gasteiger partial charge in [0.15, 0.2) is 0 Å². The molecule has 0 saturated heterocycles. The number of hydrogen-bond acceptors (Lipinski definition) is 6. The van der Waals surface area contributed by atoms with Gasteiger partial charge >= 0.3 is 7.60 Å². The van der Waals surface area contributed by atoms with Gasteiger partial charge < -0.3 is 14.2 Å². The second kappa shape index (κ2) is 8.48. The fraction of sp³-hybridized carbons (Fsp3) is 0.467. The van der Waals surface area contributed by atoms with Gasteiger partial charge in [-0.1, -0.05) is 17.3 Å². The Labute approximate surface area is 139 Å². The summed E-state index contributed by atoms with van der Waals surface area (Å²) >= 11 is 0. The monoisotopic (exact) mass is 357 g/mol. The van der Waals surface area contributed by atoms with Crippen molar-refractivity contribution in [3.63, 3.8) is 0 Å². The van der Waals surface area contributed by atoms with Crippen molar-refractivity contribution in [1.82, 2.24) is 15.0 Å². The molecule has 132 valence electrons. The summed E-state index contributed by atoms with van der Waals surface area (Å²) in [5.41, 5.74) is 0.686. The molecular formula is C15H21FN3O4P. The smallest absolute Gasteiger partial charge is 0.333 e. The lowest BCUT2D eigenvalue weighted by Gasteiger charge is -2.19. The van der Waals surface area contributed by atoms with Crippen LogP contribution in [0.15, 0.2) is 30.5 Å². The average molecular weight is 357 g/mol. The topological polar surface area (TPSA) is 86.5 Å². The van der Waals surface area contributed by atoms with Crippen LogP contribution in [0.1, 0.15) is 13.8 Å². The fourth-order valence-electron chi connectivity index (χ4n) is 2.25. The number of halogens is 1. The summed E-state index contributed by atoms with van der Waals surface area (Å²) in [5, 5.41) is 17.9. The standard InChI is InChI=1S/C15H21FN3O4P/c1-3-22-24(21,23-4-2)11-12(20)9-19-10-15(17-18-19)13-7-5-6-8-14(13)16/h5-8,10,12,20H,3-4,9,11H2,1-2H3/t12-/m1/s1. The van der Waals surface area contributed by atoms with Crippen LogP contribution in [0, 0.1) is 5.82 Å². The second-order valence-corrected chi connectivity index (χ2v) is 7.19. The van der Waals surface area contributed by atoms with Gasteiger partial charge in [-0.25, -0.2) is 9.07 Å². The Morgan fingerprint density at radius 2 is 1.96 bits per heavy atom. The van der Waals surface area contributed by atoms with E-state index < -0.39 is 19.5 Å². The average Bonchev–Trinajstić information content (AvgIpc) is 2.95. The molecule has 0 aliphatic rings. The van der Waals surface area contributed by atoms with Crippen LogP contribution in [0.25, 0.3) is 11.3 Å². The Bertz CT molecular complexity index is 700. The van der Waals surface area contributed by atoms with E-state index in [0.717, 1.165) is 0 Å². The van der Waals surface area contributed by atoms with Crippen molar-refractivity contribution < 1.29 is 23.1 Å². The quantitative estimate of drug-likeness (QED) is 0.695. The van der Waals surface area contributed by atoms with Crippen LogP contribution in [-0.4, -0.2) is 45.6 Å². The number of aliphatic hydroxyl groups is 1. The fourth-order valence-corrected chi connectivity index (χ4v) is 3.95. The summed E-state index contributed by atoms with van der Waals surface area (Å²) in [6, 6.07) is 6.22. The zero-order chi connectivity index (χ0) is 17.6. The van der Waals surface area contributed by atoms with Crippen LogP contribution in [-0.2, 0) is 20.2 Å². The first kappa shape index (κ1) is 18.7. The molecule has 1 N–H and O–H groups in total. The van der Waals surface area contributed by atoms with E-state index in [1.54, 1.807) is 32.0 Å². The molecule has 1 atom stereocenters. The van der Waals surface area contributed by atoms with Crippen LogP contribution in [0.5, 0.6) is 0 Å². The first-order chi connectivity index (χ1) is 11.5. The van der Waals surface area contributed by atoms with Crippen molar-refractivity contribution in [3.8, 4) is 11.3 Å². The third kappa shape index (κ3) is 4.95. The maximum Gasteiger partial charge on any atom is 0.333 e. The van der Waals surface area contributed by atoms with Gasteiger partial charge in [0.05, 0.1) is 38.2 Å². The van der Waals surface area contributed by atoms with E-state index in [9.17, 15) is 14.1 Å². The highest BCUT2D eigenvalue weighted by Gasteiger charge is 2.28. The third-order valence-corrected chi connectivity index (χ3v) is 5.34. The van der Waals surface area contributed by atoms with Crippen LogP contribution in [0.2, 0.25) is 0 Å². The number of nitrogens with zero attached hydrogens (tertiary/aromatic N) is 3. The van der Waals surface area contributed by atoms with Crippen molar-refractivity contribution in [2.75, 3.05) is 19.4 Å². The minimum atomic E-state index is -3.34. The zero-order valence-electron chi connectivity index (χ0n) is 13.6. The predicted octanol–water partition coefficient (Wildman–Crippen LogP) is 2.71. The molecule has 7 nitrogen and oxygen atoms in total. The Morgan fingerprint density at radius 3 is 2.58 bits per heavy atom. The first-order valence-corrected chi connectivity index (χ1v) is 9.41. The van der Waals surface area contributed by atoms with Gasteiger partial charge in [-0.2, -0.15) is 0 Å². The van der Waals surface area contributed by atoms with E-state index in [-0.39, 0.29) is 25.9 Å². The Kier molecular flexibility index (Phi) is 6.62. The number of rotatable bonds is 9. The third-order valence-electron chi connectivity index (χ3n) is 3.17. The maximum atomic E-state index is 13.7. The largest absolute Gasteiger partial charge is 0.391 e. The Morgan fingerprint density at radius 1 is 1.29 bits per heavy atom. The van der Waals surface area contributed by atoms with Crippen molar-refractivity contribution in [2.45, 2.75) is 26.5 Å². The van der Waals surface area contributed by atoms with Crippen LogP contribution >= 0.6 is 7.60 Å². The molecule has 2 aromatic rings. The summed E-state index contributed by atoms with van der Waals surface area (Å²) in [6.07, 6.45) is 0.376. The molecule has 1 aromatic carbocycles. The second-order valence-electron chi connectivity index (χ2n) is 5.09. The SMILES string of the molecule is CCOP(=O)(C[C@H](O)Cn1cc(-c2ccccc2F)nn1)OCC. The van der Waals surface area contributed by atoms with E-state index in [4.69, 9.17) is 9.05 Å². The molecule has 24 heavy (non-hydrogen) atoms. The van der Waals surface area contributed by atoms with Crippen LogP contribution in [0.4, 0.5) is 4.39 Å². The summed E-state index contributed by atoms with van der Waals surface area (Å²) in [4.78, 5) is 0. The number of aliphatic hydroxyl groups excluding tert-OH is 1. The number of benzene rings is 1. The van der Waals surface area contributed by atoms with Gasteiger partial charge in [-0.3, -0.25) is 4.57 Å². The molecule has 0 bridgehead atoms. The van der Waals surface area contributed by atoms with Crippen LogP contribution < -0.4 is 0 Å². The van der Waals surface area contributed by atoms with Crippen molar-refractivity contribution in [2.24, 2.45) is 0 Å². The molecule has 0 aliphatic heterocycles. The zero-order valence-corrected chi connectivity index (χ0v) is 14.5. The minimum Gasteiger partial charge on any atom is -0.391 e. The van der Waals surface area contributed by atoms with E-state index in [1.165, 1.54) is 16.9 Å². The number of hydrogen-bond donors (Lipinski definition) is 1. The Hall–Kier alpha value is -1.60. The molecule has 0 amide bonds. The Balaban J connectivity index is 2.04. The molecule has 0 unspecified atom stereocenters. The molecule has 0 aliphatic carbocycles. The summed E-state index contributed by atoms with van der Waals surface area (Å²) in [6.45, 7) is 3.91. The summed E-state index contributed by atoms with van der Waals surface area (Å²) in [7, 11) is -3.34. The van der Waals surface area contributed by atoms with Gasteiger partial charge in [0.2, 0.25) is 0 Å². The predicted molar refractivity (Wildman–Crippen MR) is 87.1 cm³/mol. The van der Waals surface area contributed by atoms with Crippen molar-refractivity contribution in [1.29, 1.82) is 0 Å². The molecular weight excluding hydrogens is 336 g/mol. The van der Waals surface area contributed by atoms with Crippen molar-refractivity contribution in [3.05, 3.63) is 36.3 Å².